The van der Waals surface area contributed by atoms with Gasteiger partial charge in [-0.25, -0.2) is 13.1 Å². The number of carbonyl (C=O) groups excluding carboxylic acids is 2. The Kier molecular flexibility index (Phi) is 6.22. The van der Waals surface area contributed by atoms with Crippen LogP contribution >= 0.6 is 0 Å². The molecule has 2 aliphatic rings. The van der Waals surface area contributed by atoms with Gasteiger partial charge >= 0.3 is 0 Å². The molecule has 0 radical (unpaired) electrons. The number of rotatable bonds is 6. The second kappa shape index (κ2) is 8.90. The van der Waals surface area contributed by atoms with E-state index in [0.29, 0.717) is 32.5 Å². The summed E-state index contributed by atoms with van der Waals surface area (Å²) < 4.78 is 28.1. The van der Waals surface area contributed by atoms with E-state index in [1.807, 2.05) is 48.2 Å². The molecular weight excluding hydrogens is 414 g/mol. The second-order valence-corrected chi connectivity index (χ2v) is 9.99. The fraction of sp³-hybridized carbons (Fsp3) is 0.391. The second-order valence-electron chi connectivity index (χ2n) is 8.27. The Balaban J connectivity index is 1.34. The van der Waals surface area contributed by atoms with Crippen LogP contribution in [0.1, 0.15) is 30.4 Å². The minimum absolute atomic E-state index is 0.152. The molecule has 0 aliphatic carbocycles. The molecule has 7 nitrogen and oxygen atoms in total. The highest BCUT2D eigenvalue weighted by atomic mass is 32.2. The lowest BCUT2D eigenvalue weighted by Crippen LogP contribution is -2.50. The zero-order valence-electron chi connectivity index (χ0n) is 17.5. The third-order valence-electron chi connectivity index (χ3n) is 6.00. The average molecular weight is 442 g/mol. The molecule has 4 rings (SSSR count). The third kappa shape index (κ3) is 4.87. The minimum Gasteiger partial charge on any atom is -0.291 e. The number of nitrogens with one attached hydrogen (secondary N) is 1. The first-order valence-corrected chi connectivity index (χ1v) is 12.0. The summed E-state index contributed by atoms with van der Waals surface area (Å²) in [5, 5.41) is 0. The summed E-state index contributed by atoms with van der Waals surface area (Å²) in [6.07, 6.45) is 1.38. The highest BCUT2D eigenvalue weighted by Crippen LogP contribution is 2.25. The van der Waals surface area contributed by atoms with Crippen LogP contribution in [0.25, 0.3) is 0 Å². The van der Waals surface area contributed by atoms with Crippen molar-refractivity contribution in [1.29, 1.82) is 0 Å². The molecule has 1 atom stereocenters. The van der Waals surface area contributed by atoms with E-state index in [9.17, 15) is 18.0 Å². The number of imide groups is 1. The Morgan fingerprint density at radius 2 is 1.71 bits per heavy atom. The van der Waals surface area contributed by atoms with Gasteiger partial charge in [0.1, 0.15) is 0 Å². The Morgan fingerprint density at radius 1 is 1.00 bits per heavy atom. The van der Waals surface area contributed by atoms with E-state index in [2.05, 4.69) is 4.72 Å². The molecule has 2 aliphatic heterocycles. The topological polar surface area (TPSA) is 86.8 Å². The molecule has 2 amide bonds. The Hall–Kier alpha value is -2.55. The maximum Gasteiger partial charge on any atom is 0.247 e. The smallest absolute Gasteiger partial charge is 0.247 e. The van der Waals surface area contributed by atoms with Gasteiger partial charge in [-0.3, -0.25) is 19.4 Å². The number of benzene rings is 2. The molecule has 2 fully saturated rings. The van der Waals surface area contributed by atoms with Gasteiger partial charge in [-0.15, -0.1) is 0 Å². The standard InChI is InChI=1S/C23H27N3O4S/c1-17-6-5-9-20(14-17)31(29,30)24-19-10-12-25(13-11-19)21-15-22(27)26(23(21)28)16-18-7-3-2-4-8-18/h2-9,14,19,21,24H,10-13,15-16H2,1H3/t21-/m1/s1. The number of piperidine rings is 1. The first kappa shape index (κ1) is 21.7. The van der Waals surface area contributed by atoms with Crippen molar-refractivity contribution >= 4 is 21.8 Å². The zero-order valence-corrected chi connectivity index (χ0v) is 18.3. The van der Waals surface area contributed by atoms with Crippen LogP contribution in [0.5, 0.6) is 0 Å². The Bertz CT molecular complexity index is 1060. The molecule has 8 heteroatoms. The summed E-state index contributed by atoms with van der Waals surface area (Å²) in [4.78, 5) is 29.0. The molecule has 31 heavy (non-hydrogen) atoms. The van der Waals surface area contributed by atoms with E-state index in [0.717, 1.165) is 11.1 Å². The van der Waals surface area contributed by atoms with Crippen molar-refractivity contribution in [2.45, 2.75) is 49.7 Å². The van der Waals surface area contributed by atoms with Crippen molar-refractivity contribution in [3.05, 3.63) is 65.7 Å². The molecule has 0 spiro atoms. The van der Waals surface area contributed by atoms with Gasteiger partial charge in [0.2, 0.25) is 21.8 Å². The summed E-state index contributed by atoms with van der Waals surface area (Å²) in [5.41, 5.74) is 1.82. The number of sulfonamides is 1. The highest BCUT2D eigenvalue weighted by Gasteiger charge is 2.42. The monoisotopic (exact) mass is 441 g/mol. The number of carbonyl (C=O) groups is 2. The average Bonchev–Trinajstić information content (AvgIpc) is 3.03. The zero-order chi connectivity index (χ0) is 22.0. The van der Waals surface area contributed by atoms with Crippen molar-refractivity contribution in [3.63, 3.8) is 0 Å². The summed E-state index contributed by atoms with van der Waals surface area (Å²) in [6, 6.07) is 15.7. The van der Waals surface area contributed by atoms with Crippen molar-refractivity contribution in [2.24, 2.45) is 0 Å². The molecule has 2 saturated heterocycles. The summed E-state index contributed by atoms with van der Waals surface area (Å²) in [6.45, 7) is 3.30. The van der Waals surface area contributed by atoms with Crippen molar-refractivity contribution < 1.29 is 18.0 Å². The maximum absolute atomic E-state index is 12.9. The molecular formula is C23H27N3O4S. The van der Waals surface area contributed by atoms with E-state index in [4.69, 9.17) is 0 Å². The fourth-order valence-corrected chi connectivity index (χ4v) is 5.69. The van der Waals surface area contributed by atoms with Crippen LogP contribution in [-0.4, -0.2) is 55.2 Å². The molecule has 0 aromatic heterocycles. The Labute approximate surface area is 183 Å². The van der Waals surface area contributed by atoms with Gasteiger partial charge in [0.25, 0.3) is 0 Å². The first-order chi connectivity index (χ1) is 14.8. The molecule has 0 unspecified atom stereocenters. The van der Waals surface area contributed by atoms with Crippen LogP contribution in [0.4, 0.5) is 0 Å². The lowest BCUT2D eigenvalue weighted by molar-refractivity contribution is -0.140. The number of likely N-dealkylation sites (tertiary alicyclic amines) is 2. The van der Waals surface area contributed by atoms with Gasteiger partial charge in [-0.1, -0.05) is 42.5 Å². The molecule has 164 valence electrons. The van der Waals surface area contributed by atoms with Crippen LogP contribution in [0.15, 0.2) is 59.5 Å². The fourth-order valence-electron chi connectivity index (χ4n) is 4.28. The van der Waals surface area contributed by atoms with E-state index in [1.165, 1.54) is 4.90 Å². The highest BCUT2D eigenvalue weighted by molar-refractivity contribution is 7.89. The molecule has 1 N–H and O–H groups in total. The summed E-state index contributed by atoms with van der Waals surface area (Å²) >= 11 is 0. The molecule has 0 saturated carbocycles. The van der Waals surface area contributed by atoms with Crippen LogP contribution in [0.2, 0.25) is 0 Å². The third-order valence-corrected chi connectivity index (χ3v) is 7.51. The van der Waals surface area contributed by atoms with Crippen molar-refractivity contribution in [2.75, 3.05) is 13.1 Å². The lowest BCUT2D eigenvalue weighted by Gasteiger charge is -2.34. The summed E-state index contributed by atoms with van der Waals surface area (Å²) in [7, 11) is -3.58. The molecule has 0 bridgehead atoms. The predicted octanol–water partition coefficient (Wildman–Crippen LogP) is 2.07. The van der Waals surface area contributed by atoms with Gasteiger partial charge in [0, 0.05) is 19.1 Å². The quantitative estimate of drug-likeness (QED) is 0.694. The maximum atomic E-state index is 12.9. The van der Waals surface area contributed by atoms with E-state index in [1.54, 1.807) is 18.2 Å². The molecule has 2 aromatic rings. The normalized spacial score (nSPS) is 21.1. The van der Waals surface area contributed by atoms with E-state index >= 15 is 0 Å². The number of hydrogen-bond acceptors (Lipinski definition) is 5. The summed E-state index contributed by atoms with van der Waals surface area (Å²) in [5.74, 6) is -0.311. The van der Waals surface area contributed by atoms with Crippen LogP contribution < -0.4 is 4.72 Å². The van der Waals surface area contributed by atoms with Gasteiger partial charge in [0.15, 0.2) is 0 Å². The number of hydrogen-bond donors (Lipinski definition) is 1. The van der Waals surface area contributed by atoms with E-state index < -0.39 is 16.1 Å². The Morgan fingerprint density at radius 3 is 2.39 bits per heavy atom. The number of amides is 2. The SMILES string of the molecule is Cc1cccc(S(=O)(=O)NC2CCN([C@@H]3CC(=O)N(Cc4ccccc4)C3=O)CC2)c1. The first-order valence-electron chi connectivity index (χ1n) is 10.5. The molecule has 2 heterocycles. The van der Waals surface area contributed by atoms with Gasteiger partial charge in [-0.05, 0) is 43.0 Å². The number of aryl methyl sites for hydroxylation is 1. The van der Waals surface area contributed by atoms with Crippen molar-refractivity contribution in [1.82, 2.24) is 14.5 Å². The van der Waals surface area contributed by atoms with Crippen molar-refractivity contribution in [3.8, 4) is 0 Å². The largest absolute Gasteiger partial charge is 0.291 e. The van der Waals surface area contributed by atoms with Crippen LogP contribution in [0.3, 0.4) is 0 Å². The van der Waals surface area contributed by atoms with E-state index in [-0.39, 0.29) is 29.2 Å². The predicted molar refractivity (Wildman–Crippen MR) is 116 cm³/mol. The van der Waals surface area contributed by atoms with Gasteiger partial charge in [-0.2, -0.15) is 0 Å². The lowest BCUT2D eigenvalue weighted by atomic mass is 10.0. The van der Waals surface area contributed by atoms with Gasteiger partial charge in [0.05, 0.1) is 23.9 Å². The molecule has 2 aromatic carbocycles. The van der Waals surface area contributed by atoms with Crippen LogP contribution in [-0.2, 0) is 26.2 Å². The van der Waals surface area contributed by atoms with Gasteiger partial charge < -0.3 is 0 Å². The van der Waals surface area contributed by atoms with Crippen LogP contribution in [0, 0.1) is 6.92 Å². The number of nitrogens with zero attached hydrogens (tertiary/aromatic N) is 2. The minimum atomic E-state index is -3.58.